The van der Waals surface area contributed by atoms with Crippen LogP contribution >= 0.6 is 11.8 Å². The van der Waals surface area contributed by atoms with Crippen molar-refractivity contribution in [2.24, 2.45) is 11.7 Å². The lowest BCUT2D eigenvalue weighted by molar-refractivity contribution is -0.155. The number of thioether (sulfide) groups is 1. The van der Waals surface area contributed by atoms with Crippen LogP contribution in [0.25, 0.3) is 0 Å². The highest BCUT2D eigenvalue weighted by atomic mass is 32.2. The molecule has 3 unspecified atom stereocenters. The summed E-state index contributed by atoms with van der Waals surface area (Å²) in [5, 5.41) is 0. The van der Waals surface area contributed by atoms with Gasteiger partial charge in [-0.2, -0.15) is 11.8 Å². The first kappa shape index (κ1) is 14.7. The Morgan fingerprint density at radius 1 is 1.42 bits per heavy atom. The number of carbonyl (C=O) groups is 2. The van der Waals surface area contributed by atoms with Gasteiger partial charge in [0, 0.05) is 30.0 Å². The molecule has 5 nitrogen and oxygen atoms in total. The van der Waals surface area contributed by atoms with Gasteiger partial charge in [-0.15, -0.1) is 0 Å². The number of hydrogen-bond donors (Lipinski definition) is 1. The number of nitrogens with zero attached hydrogens (tertiary/aromatic N) is 1. The van der Waals surface area contributed by atoms with Gasteiger partial charge in [0.05, 0.1) is 6.61 Å². The van der Waals surface area contributed by atoms with E-state index in [-0.39, 0.29) is 23.8 Å². The molecule has 0 aromatic heterocycles. The van der Waals surface area contributed by atoms with Crippen LogP contribution < -0.4 is 5.73 Å². The minimum absolute atomic E-state index is 0.00461. The number of esters is 1. The van der Waals surface area contributed by atoms with Gasteiger partial charge in [0.25, 0.3) is 0 Å². The lowest BCUT2D eigenvalue weighted by Crippen LogP contribution is -2.52. The van der Waals surface area contributed by atoms with Crippen molar-refractivity contribution in [3.8, 4) is 0 Å². The van der Waals surface area contributed by atoms with Gasteiger partial charge in [-0.25, -0.2) is 4.79 Å². The Bertz CT molecular complexity index is 351. The standard InChI is InChI=1S/C13H22N2O3S/c1-2-18-13(17)11-8-19-6-5-15(11)12(16)9-3-4-10(14)7-9/h9-11H,2-8,14H2,1H3. The number of hydrogen-bond acceptors (Lipinski definition) is 5. The van der Waals surface area contributed by atoms with Gasteiger partial charge < -0.3 is 15.4 Å². The third kappa shape index (κ3) is 3.42. The second kappa shape index (κ2) is 6.61. The fourth-order valence-corrected chi connectivity index (χ4v) is 3.81. The molecule has 19 heavy (non-hydrogen) atoms. The first-order valence-electron chi connectivity index (χ1n) is 6.94. The van der Waals surface area contributed by atoms with E-state index in [1.54, 1.807) is 23.6 Å². The SMILES string of the molecule is CCOC(=O)C1CSCCN1C(=O)C1CCC(N)C1. The lowest BCUT2D eigenvalue weighted by atomic mass is 10.0. The summed E-state index contributed by atoms with van der Waals surface area (Å²) < 4.78 is 5.07. The topological polar surface area (TPSA) is 72.6 Å². The predicted molar refractivity (Wildman–Crippen MR) is 74.8 cm³/mol. The van der Waals surface area contributed by atoms with E-state index in [0.29, 0.717) is 18.9 Å². The number of amides is 1. The van der Waals surface area contributed by atoms with Crippen molar-refractivity contribution in [3.63, 3.8) is 0 Å². The van der Waals surface area contributed by atoms with Gasteiger partial charge in [-0.3, -0.25) is 4.79 Å². The van der Waals surface area contributed by atoms with Gasteiger partial charge in [0.2, 0.25) is 5.91 Å². The van der Waals surface area contributed by atoms with Crippen LogP contribution in [0.1, 0.15) is 26.2 Å². The van der Waals surface area contributed by atoms with Gasteiger partial charge >= 0.3 is 5.97 Å². The summed E-state index contributed by atoms with van der Waals surface area (Å²) in [6.45, 7) is 2.78. The van der Waals surface area contributed by atoms with Crippen LogP contribution in [0.4, 0.5) is 0 Å². The quantitative estimate of drug-likeness (QED) is 0.770. The molecular weight excluding hydrogens is 264 g/mol. The van der Waals surface area contributed by atoms with Crippen LogP contribution in [-0.4, -0.2) is 53.5 Å². The van der Waals surface area contributed by atoms with Crippen LogP contribution in [0.5, 0.6) is 0 Å². The Kier molecular flexibility index (Phi) is 5.10. The van der Waals surface area contributed by atoms with E-state index in [0.717, 1.165) is 25.0 Å². The fourth-order valence-electron chi connectivity index (χ4n) is 2.78. The molecule has 0 radical (unpaired) electrons. The van der Waals surface area contributed by atoms with E-state index in [1.807, 2.05) is 0 Å². The predicted octanol–water partition coefficient (Wildman–Crippen LogP) is 0.621. The second-order valence-electron chi connectivity index (χ2n) is 5.14. The number of carbonyl (C=O) groups excluding carboxylic acids is 2. The van der Waals surface area contributed by atoms with Crippen molar-refractivity contribution in [1.82, 2.24) is 4.90 Å². The monoisotopic (exact) mass is 286 g/mol. The Morgan fingerprint density at radius 3 is 2.84 bits per heavy atom. The Labute approximate surface area is 118 Å². The molecule has 2 fully saturated rings. The van der Waals surface area contributed by atoms with Crippen molar-refractivity contribution >= 4 is 23.6 Å². The molecule has 2 rings (SSSR count). The zero-order valence-corrected chi connectivity index (χ0v) is 12.2. The maximum absolute atomic E-state index is 12.5. The van der Waals surface area contributed by atoms with E-state index < -0.39 is 6.04 Å². The van der Waals surface area contributed by atoms with Crippen LogP contribution in [0.15, 0.2) is 0 Å². The smallest absolute Gasteiger partial charge is 0.329 e. The lowest BCUT2D eigenvalue weighted by Gasteiger charge is -2.35. The van der Waals surface area contributed by atoms with Crippen LogP contribution in [-0.2, 0) is 14.3 Å². The molecule has 3 atom stereocenters. The van der Waals surface area contributed by atoms with Crippen molar-refractivity contribution < 1.29 is 14.3 Å². The Hall–Kier alpha value is -0.750. The molecule has 1 heterocycles. The van der Waals surface area contributed by atoms with Crippen LogP contribution in [0.2, 0.25) is 0 Å². The molecule has 6 heteroatoms. The largest absolute Gasteiger partial charge is 0.464 e. The third-order valence-corrected chi connectivity index (χ3v) is 4.82. The second-order valence-corrected chi connectivity index (χ2v) is 6.29. The maximum Gasteiger partial charge on any atom is 0.329 e. The Morgan fingerprint density at radius 2 is 2.21 bits per heavy atom. The highest BCUT2D eigenvalue weighted by molar-refractivity contribution is 7.99. The zero-order chi connectivity index (χ0) is 13.8. The van der Waals surface area contributed by atoms with Gasteiger partial charge in [0.1, 0.15) is 6.04 Å². The fraction of sp³-hybridized carbons (Fsp3) is 0.846. The normalized spacial score (nSPS) is 31.3. The molecule has 0 aromatic carbocycles. The molecule has 1 saturated heterocycles. The third-order valence-electron chi connectivity index (χ3n) is 3.79. The summed E-state index contributed by atoms with van der Waals surface area (Å²) in [4.78, 5) is 26.2. The summed E-state index contributed by atoms with van der Waals surface area (Å²) in [6.07, 6.45) is 2.50. The van der Waals surface area contributed by atoms with Crippen molar-refractivity contribution in [2.45, 2.75) is 38.3 Å². The Balaban J connectivity index is 2.02. The van der Waals surface area contributed by atoms with Crippen molar-refractivity contribution in [2.75, 3.05) is 24.7 Å². The first-order valence-corrected chi connectivity index (χ1v) is 8.09. The maximum atomic E-state index is 12.5. The number of rotatable bonds is 3. The van der Waals surface area contributed by atoms with Gasteiger partial charge in [-0.05, 0) is 26.2 Å². The number of ether oxygens (including phenoxy) is 1. The highest BCUT2D eigenvalue weighted by Gasteiger charge is 2.38. The summed E-state index contributed by atoms with van der Waals surface area (Å²) in [7, 11) is 0. The zero-order valence-electron chi connectivity index (χ0n) is 11.3. The molecule has 2 N–H and O–H groups in total. The summed E-state index contributed by atoms with van der Waals surface area (Å²) in [5.41, 5.74) is 5.87. The molecule has 0 spiro atoms. The average molecular weight is 286 g/mol. The van der Waals surface area contributed by atoms with E-state index in [2.05, 4.69) is 0 Å². The van der Waals surface area contributed by atoms with E-state index in [9.17, 15) is 9.59 Å². The summed E-state index contributed by atoms with van der Waals surface area (Å²) in [6, 6.07) is -0.280. The molecular formula is C13H22N2O3S. The average Bonchev–Trinajstić information content (AvgIpc) is 2.85. The van der Waals surface area contributed by atoms with Gasteiger partial charge in [0.15, 0.2) is 0 Å². The van der Waals surface area contributed by atoms with Gasteiger partial charge in [-0.1, -0.05) is 0 Å². The molecule has 1 amide bonds. The summed E-state index contributed by atoms with van der Waals surface area (Å²) >= 11 is 1.70. The molecule has 108 valence electrons. The van der Waals surface area contributed by atoms with Crippen molar-refractivity contribution in [3.05, 3.63) is 0 Å². The number of nitrogens with two attached hydrogens (primary N) is 1. The highest BCUT2D eigenvalue weighted by Crippen LogP contribution is 2.28. The van der Waals surface area contributed by atoms with Crippen molar-refractivity contribution in [1.29, 1.82) is 0 Å². The molecule has 1 saturated carbocycles. The van der Waals surface area contributed by atoms with Crippen LogP contribution in [0.3, 0.4) is 0 Å². The van der Waals surface area contributed by atoms with E-state index in [1.165, 1.54) is 0 Å². The molecule has 1 aliphatic carbocycles. The first-order chi connectivity index (χ1) is 9.13. The molecule has 0 aromatic rings. The molecule has 1 aliphatic heterocycles. The summed E-state index contributed by atoms with van der Waals surface area (Å²) in [5.74, 6) is 1.34. The molecule has 0 bridgehead atoms. The minimum atomic E-state index is -0.414. The van der Waals surface area contributed by atoms with E-state index >= 15 is 0 Å². The minimum Gasteiger partial charge on any atom is -0.464 e. The van der Waals surface area contributed by atoms with Crippen LogP contribution in [0, 0.1) is 5.92 Å². The molecule has 2 aliphatic rings. The van der Waals surface area contributed by atoms with E-state index in [4.69, 9.17) is 10.5 Å².